The van der Waals surface area contributed by atoms with Gasteiger partial charge in [-0.25, -0.2) is 18.0 Å². The number of benzene rings is 1. The Hall–Kier alpha value is -5.38. The minimum atomic E-state index is -1.64. The molecule has 1 aromatic carbocycles. The number of piperidine rings is 2. The number of ether oxygens (including phenoxy) is 2. The summed E-state index contributed by atoms with van der Waals surface area (Å²) in [5.41, 5.74) is 13.2. The lowest BCUT2D eigenvalue weighted by atomic mass is 9.60. The molecule has 4 fully saturated rings. The Morgan fingerprint density at radius 1 is 1.07 bits per heavy atom. The van der Waals surface area contributed by atoms with Gasteiger partial charge in [-0.2, -0.15) is 5.10 Å². The lowest BCUT2D eigenvalue weighted by Gasteiger charge is -2.43. The van der Waals surface area contributed by atoms with Gasteiger partial charge in [0.2, 0.25) is 5.91 Å². The highest BCUT2D eigenvalue weighted by molar-refractivity contribution is 6.01. The number of hydrogen-bond acceptors (Lipinski definition) is 10. The number of rotatable bonds is 13. The molecule has 14 nitrogen and oxygen atoms in total. The highest BCUT2D eigenvalue weighted by Gasteiger charge is 2.58. The maximum absolute atomic E-state index is 16.8. The van der Waals surface area contributed by atoms with Gasteiger partial charge in [-0.1, -0.05) is 30.5 Å². The van der Waals surface area contributed by atoms with Crippen LogP contribution in [0.1, 0.15) is 96.5 Å². The molecule has 3 amide bonds. The molecule has 5 heterocycles. The molecule has 2 aromatic rings. The van der Waals surface area contributed by atoms with Crippen LogP contribution in [-0.4, -0.2) is 125 Å². The van der Waals surface area contributed by atoms with E-state index < -0.39 is 59.2 Å². The van der Waals surface area contributed by atoms with Crippen molar-refractivity contribution in [2.75, 3.05) is 57.8 Å². The number of allylic oxidation sites excluding steroid dienone is 7. The molecule has 0 bridgehead atoms. The van der Waals surface area contributed by atoms with Crippen molar-refractivity contribution in [3.63, 3.8) is 0 Å². The molecule has 4 aliphatic carbocycles. The molecule has 4 aliphatic heterocycles. The minimum Gasteiger partial charge on any atom is -0.494 e. The zero-order chi connectivity index (χ0) is 51.5. The van der Waals surface area contributed by atoms with Crippen molar-refractivity contribution in [2.45, 2.75) is 121 Å². The van der Waals surface area contributed by atoms with E-state index in [9.17, 15) is 19.8 Å². The molecule has 17 heteroatoms. The van der Waals surface area contributed by atoms with E-state index in [0.29, 0.717) is 64.7 Å². The molecule has 3 saturated heterocycles. The van der Waals surface area contributed by atoms with Crippen LogP contribution in [0.5, 0.6) is 0 Å². The number of amides is 3. The van der Waals surface area contributed by atoms with Gasteiger partial charge < -0.3 is 41.0 Å². The third kappa shape index (κ3) is 9.23. The van der Waals surface area contributed by atoms with Crippen LogP contribution >= 0.6 is 0 Å². The molecule has 7 unspecified atom stereocenters. The summed E-state index contributed by atoms with van der Waals surface area (Å²) in [4.78, 5) is 31.9. The predicted octanol–water partition coefficient (Wildman–Crippen LogP) is 7.34. The van der Waals surface area contributed by atoms with Crippen molar-refractivity contribution < 1.29 is 42.4 Å². The maximum Gasteiger partial charge on any atom is 0.325 e. The van der Waals surface area contributed by atoms with Crippen molar-refractivity contribution in [3.8, 4) is 0 Å². The van der Waals surface area contributed by atoms with E-state index in [1.54, 1.807) is 37.7 Å². The van der Waals surface area contributed by atoms with Gasteiger partial charge in [0.1, 0.15) is 30.2 Å². The van der Waals surface area contributed by atoms with Gasteiger partial charge in [-0.05, 0) is 143 Å². The summed E-state index contributed by atoms with van der Waals surface area (Å²) >= 11 is 0. The number of aliphatic hydroxyl groups is 2. The number of carbonyl (C=O) groups excluding carboxylic acids is 2. The van der Waals surface area contributed by atoms with Gasteiger partial charge in [-0.3, -0.25) is 19.3 Å². The number of halogens is 3. The van der Waals surface area contributed by atoms with Crippen molar-refractivity contribution in [2.24, 2.45) is 41.9 Å². The van der Waals surface area contributed by atoms with Crippen molar-refractivity contribution in [3.05, 3.63) is 105 Å². The van der Waals surface area contributed by atoms with Crippen molar-refractivity contribution in [1.82, 2.24) is 30.2 Å². The fourth-order valence-electron chi connectivity index (χ4n) is 13.6. The number of alkyl halides is 1. The molecular weight excluding hydrogens is 938 g/mol. The van der Waals surface area contributed by atoms with Crippen LogP contribution in [0, 0.1) is 34.9 Å². The van der Waals surface area contributed by atoms with Crippen LogP contribution in [0.4, 0.5) is 23.8 Å². The predicted molar refractivity (Wildman–Crippen MR) is 271 cm³/mol. The Labute approximate surface area is 425 Å². The van der Waals surface area contributed by atoms with Crippen LogP contribution in [0.3, 0.4) is 0 Å². The van der Waals surface area contributed by atoms with E-state index in [1.165, 1.54) is 24.2 Å². The van der Waals surface area contributed by atoms with E-state index in [2.05, 4.69) is 37.0 Å². The monoisotopic (exact) mass is 1010 g/mol. The molecule has 7 atom stereocenters. The molecular formula is C56H71F3N8O6. The molecule has 392 valence electrons. The summed E-state index contributed by atoms with van der Waals surface area (Å²) < 4.78 is 62.9. The first-order chi connectivity index (χ1) is 35.0. The van der Waals surface area contributed by atoms with Crippen LogP contribution in [-0.2, 0) is 21.3 Å². The smallest absolute Gasteiger partial charge is 0.325 e. The van der Waals surface area contributed by atoms with E-state index >= 15 is 13.2 Å². The second-order valence-electron chi connectivity index (χ2n) is 22.0. The number of nitrogens with zero attached hydrogens (tertiary/aromatic N) is 5. The molecule has 0 spiro atoms. The quantitative estimate of drug-likeness (QED) is 0.128. The Morgan fingerprint density at radius 3 is 2.48 bits per heavy atom. The molecule has 8 aliphatic rings. The van der Waals surface area contributed by atoms with Gasteiger partial charge in [0.15, 0.2) is 23.0 Å². The summed E-state index contributed by atoms with van der Waals surface area (Å²) in [5.74, 6) is -1.65. The average Bonchev–Trinajstić information content (AvgIpc) is 3.85. The molecule has 10 rings (SSSR count). The number of nitrogens with two attached hydrogens (primary N) is 1. The number of aromatic nitrogens is 2. The van der Waals surface area contributed by atoms with Gasteiger partial charge in [0.25, 0.3) is 0 Å². The van der Waals surface area contributed by atoms with Gasteiger partial charge in [0, 0.05) is 81.1 Å². The Balaban J connectivity index is 0.724. The summed E-state index contributed by atoms with van der Waals surface area (Å²) in [7, 11) is 3.17. The number of carbonyl (C=O) groups is 2. The van der Waals surface area contributed by atoms with E-state index in [4.69, 9.17) is 15.2 Å². The van der Waals surface area contributed by atoms with Gasteiger partial charge in [0.05, 0.1) is 24.0 Å². The summed E-state index contributed by atoms with van der Waals surface area (Å²) in [6.07, 6.45) is 13.2. The summed E-state index contributed by atoms with van der Waals surface area (Å²) in [6.45, 7) is 10.4. The number of anilines is 1. The number of nitrogens with one attached hydrogen (secondary N) is 2. The van der Waals surface area contributed by atoms with Crippen molar-refractivity contribution in [1.29, 1.82) is 0 Å². The van der Waals surface area contributed by atoms with Crippen LogP contribution in [0.25, 0.3) is 10.9 Å². The fraction of sp³-hybridized carbons (Fsp3) is 0.589. The summed E-state index contributed by atoms with van der Waals surface area (Å²) in [6, 6.07) is 3.10. The first kappa shape index (κ1) is 51.1. The zero-order valence-electron chi connectivity index (χ0n) is 42.7. The van der Waals surface area contributed by atoms with Crippen LogP contribution < -0.4 is 21.3 Å². The lowest BCUT2D eigenvalue weighted by molar-refractivity contribution is -0.122. The fourth-order valence-corrected chi connectivity index (χ4v) is 13.6. The van der Waals surface area contributed by atoms with Crippen LogP contribution in [0.2, 0.25) is 0 Å². The average molecular weight is 1010 g/mol. The third-order valence-corrected chi connectivity index (χ3v) is 17.9. The minimum absolute atomic E-state index is 0.0183. The number of primary amides is 1. The lowest BCUT2D eigenvalue weighted by Crippen LogP contribution is -2.52. The highest BCUT2D eigenvalue weighted by Crippen LogP contribution is 2.60. The highest BCUT2D eigenvalue weighted by atomic mass is 19.1. The van der Waals surface area contributed by atoms with Crippen LogP contribution in [0.15, 0.2) is 93.6 Å². The number of methoxy groups -OCH3 is 1. The van der Waals surface area contributed by atoms with Gasteiger partial charge in [-0.15, -0.1) is 0 Å². The number of fused-ring (bicyclic) bond motifs is 1. The molecule has 0 radical (unpaired) electrons. The molecule has 6 N–H and O–H groups in total. The number of likely N-dealkylation sites (tertiary alicyclic amines) is 2. The largest absolute Gasteiger partial charge is 0.494 e. The molecule has 1 aromatic heterocycles. The Kier molecular flexibility index (Phi) is 14.3. The third-order valence-electron chi connectivity index (χ3n) is 17.9. The zero-order valence-corrected chi connectivity index (χ0v) is 42.7. The second kappa shape index (κ2) is 20.4. The van der Waals surface area contributed by atoms with E-state index in [1.807, 2.05) is 25.1 Å². The first-order valence-electron chi connectivity index (χ1n) is 26.4. The standard InChI is InChI=1S/C56H71F3N8O6/c1-32-42(57)29-46-48(49(32)55(3)41(51(60)69)15-16-45(72-5)50(55)59)33(2)56(73-46,37-9-7-6-8-10-37)31-61-38-13-11-36(12-14-38)53(70)66-24-17-34(18-25-66)30-65-22-19-35(20-23-65)39-28-44-40(27-43(39)58)52(63-64(44)4)67-26-21-47(68)62-54(67)71/h6-7,9,15-16,27-28,33-36,38,41-42,47,53,61,68,70H,11-14,17-26,29-31H2,1-5H3,(H2,60,69)(H,62,71). The maximum atomic E-state index is 16.8. The van der Waals surface area contributed by atoms with Crippen molar-refractivity contribution >= 4 is 28.7 Å². The topological polar surface area (TPSA) is 171 Å². The molecule has 73 heavy (non-hydrogen) atoms. The number of urea groups is 1. The first-order valence-corrected chi connectivity index (χ1v) is 26.4. The normalized spacial score (nSPS) is 32.1. The SMILES string of the molecule is COC1=C(F)C(C)(C2=C(C)C(F)CC3=C2C(C)C(CNC2CCC(C(O)N4CCC(CN5CCC(c6cc7c(cc6F)c(N6CCC(O)NC6=O)nn7C)CC5)CC4)CC2)(C2=C=C=CC=C2)O3)C(C(N)=O)C=C1. The van der Waals surface area contributed by atoms with E-state index in [0.717, 1.165) is 95.2 Å². The van der Waals surface area contributed by atoms with Gasteiger partial charge >= 0.3 is 6.03 Å². The number of aliphatic hydroxyl groups excluding tert-OH is 2. The summed E-state index contributed by atoms with van der Waals surface area (Å²) in [5, 5.41) is 33.1. The second-order valence-corrected chi connectivity index (χ2v) is 22.0. The number of aryl methyl sites for hydroxylation is 1. The Morgan fingerprint density at radius 2 is 1.81 bits per heavy atom. The number of hydrogen-bond donors (Lipinski definition) is 5. The Bertz CT molecular complexity index is 2780. The van der Waals surface area contributed by atoms with E-state index in [-0.39, 0.29) is 35.9 Å². The molecule has 1 saturated carbocycles.